The van der Waals surface area contributed by atoms with Crippen LogP contribution in [0.5, 0.6) is 5.75 Å². The maximum Gasteiger partial charge on any atom is 0.317 e. The fourth-order valence-corrected chi connectivity index (χ4v) is 2.76. The van der Waals surface area contributed by atoms with E-state index in [0.29, 0.717) is 19.6 Å². The molecule has 2 aromatic rings. The standard InChI is InChI=1S/C17H21N3O3/c1-12-8-14(13(2)22-12)9-19-17(21)20-7-5-16(11-20)23-15-4-3-6-18-10-15/h3-4,6,8,10,16H,5,7,9,11H2,1-2H3,(H,19,21)/t16-/m0/s1. The van der Waals surface area contributed by atoms with E-state index in [4.69, 9.17) is 9.15 Å². The van der Waals surface area contributed by atoms with Gasteiger partial charge in [-0.3, -0.25) is 4.98 Å². The molecule has 1 aliphatic rings. The van der Waals surface area contributed by atoms with Gasteiger partial charge in [-0.05, 0) is 32.0 Å². The Labute approximate surface area is 135 Å². The molecule has 0 radical (unpaired) electrons. The van der Waals surface area contributed by atoms with E-state index in [1.807, 2.05) is 32.0 Å². The minimum Gasteiger partial charge on any atom is -0.487 e. The molecule has 3 heterocycles. The average Bonchev–Trinajstić information content (AvgIpc) is 3.12. The molecule has 0 bridgehead atoms. The highest BCUT2D eigenvalue weighted by atomic mass is 16.5. The molecule has 6 nitrogen and oxygen atoms in total. The smallest absolute Gasteiger partial charge is 0.317 e. The quantitative estimate of drug-likeness (QED) is 0.942. The molecule has 1 saturated heterocycles. The number of furan rings is 1. The molecule has 3 rings (SSSR count). The third kappa shape index (κ3) is 3.83. The van der Waals surface area contributed by atoms with Crippen LogP contribution in [0.1, 0.15) is 23.5 Å². The molecule has 1 aliphatic heterocycles. The van der Waals surface area contributed by atoms with Gasteiger partial charge in [0.2, 0.25) is 0 Å². The predicted octanol–water partition coefficient (Wildman–Crippen LogP) is 2.65. The molecule has 6 heteroatoms. The first-order valence-electron chi connectivity index (χ1n) is 7.77. The average molecular weight is 315 g/mol. The Bertz CT molecular complexity index is 669. The van der Waals surface area contributed by atoms with E-state index in [2.05, 4.69) is 10.3 Å². The van der Waals surface area contributed by atoms with E-state index in [9.17, 15) is 4.79 Å². The number of hydrogen-bond donors (Lipinski definition) is 1. The number of amides is 2. The molecule has 2 amide bonds. The van der Waals surface area contributed by atoms with Crippen LogP contribution in [0, 0.1) is 13.8 Å². The second-order valence-electron chi connectivity index (χ2n) is 5.76. The summed E-state index contributed by atoms with van der Waals surface area (Å²) in [6.45, 7) is 5.57. The van der Waals surface area contributed by atoms with Crippen LogP contribution in [0.25, 0.3) is 0 Å². The van der Waals surface area contributed by atoms with Crippen molar-refractivity contribution in [3.05, 3.63) is 47.7 Å². The van der Waals surface area contributed by atoms with Crippen LogP contribution in [0.15, 0.2) is 35.0 Å². The minimum atomic E-state index is -0.0689. The number of aromatic nitrogens is 1. The number of nitrogens with zero attached hydrogens (tertiary/aromatic N) is 2. The second-order valence-corrected chi connectivity index (χ2v) is 5.76. The molecule has 0 unspecified atom stereocenters. The van der Waals surface area contributed by atoms with Gasteiger partial charge in [-0.2, -0.15) is 0 Å². The van der Waals surface area contributed by atoms with E-state index in [1.165, 1.54) is 0 Å². The zero-order chi connectivity index (χ0) is 16.2. The number of pyridine rings is 1. The largest absolute Gasteiger partial charge is 0.487 e. The first-order valence-corrected chi connectivity index (χ1v) is 7.77. The lowest BCUT2D eigenvalue weighted by atomic mass is 10.2. The highest BCUT2D eigenvalue weighted by Crippen LogP contribution is 2.18. The number of carbonyl (C=O) groups excluding carboxylic acids is 1. The number of nitrogens with one attached hydrogen (secondary N) is 1. The van der Waals surface area contributed by atoms with E-state index in [1.54, 1.807) is 17.3 Å². The predicted molar refractivity (Wildman–Crippen MR) is 85.3 cm³/mol. The fourth-order valence-electron chi connectivity index (χ4n) is 2.76. The summed E-state index contributed by atoms with van der Waals surface area (Å²) in [6, 6.07) is 5.60. The first-order chi connectivity index (χ1) is 11.1. The van der Waals surface area contributed by atoms with E-state index in [-0.39, 0.29) is 12.1 Å². The van der Waals surface area contributed by atoms with Crippen molar-refractivity contribution in [2.75, 3.05) is 13.1 Å². The lowest BCUT2D eigenvalue weighted by molar-refractivity contribution is 0.186. The monoisotopic (exact) mass is 315 g/mol. The summed E-state index contributed by atoms with van der Waals surface area (Å²) in [4.78, 5) is 18.1. The molecular formula is C17H21N3O3. The van der Waals surface area contributed by atoms with E-state index in [0.717, 1.165) is 29.3 Å². The summed E-state index contributed by atoms with van der Waals surface area (Å²) in [5.74, 6) is 2.45. The van der Waals surface area contributed by atoms with Crippen LogP contribution in [-0.2, 0) is 6.54 Å². The van der Waals surface area contributed by atoms with Gasteiger partial charge in [0.1, 0.15) is 23.4 Å². The molecule has 1 N–H and O–H groups in total. The molecule has 2 aromatic heterocycles. The molecule has 1 atom stereocenters. The van der Waals surface area contributed by atoms with Gasteiger partial charge < -0.3 is 19.4 Å². The number of aryl methyl sites for hydroxylation is 2. The maximum atomic E-state index is 12.3. The van der Waals surface area contributed by atoms with E-state index < -0.39 is 0 Å². The fraction of sp³-hybridized carbons (Fsp3) is 0.412. The van der Waals surface area contributed by atoms with Gasteiger partial charge in [-0.15, -0.1) is 0 Å². The van der Waals surface area contributed by atoms with Crippen LogP contribution < -0.4 is 10.1 Å². The molecule has 0 saturated carbocycles. The Hall–Kier alpha value is -2.50. The van der Waals surface area contributed by atoms with Crippen molar-refractivity contribution in [1.82, 2.24) is 15.2 Å². The Morgan fingerprint density at radius 1 is 1.52 bits per heavy atom. The first kappa shape index (κ1) is 15.4. The van der Waals surface area contributed by atoms with Crippen molar-refractivity contribution in [3.8, 4) is 5.75 Å². The van der Waals surface area contributed by atoms with Crippen molar-refractivity contribution in [2.45, 2.75) is 32.9 Å². The molecule has 1 fully saturated rings. The third-order valence-electron chi connectivity index (χ3n) is 3.94. The zero-order valence-corrected chi connectivity index (χ0v) is 13.4. The normalized spacial score (nSPS) is 17.3. The summed E-state index contributed by atoms with van der Waals surface area (Å²) in [5.41, 5.74) is 1.01. The van der Waals surface area contributed by atoms with Crippen LogP contribution in [0.4, 0.5) is 4.79 Å². The number of rotatable bonds is 4. The van der Waals surface area contributed by atoms with Crippen LogP contribution in [0.2, 0.25) is 0 Å². The van der Waals surface area contributed by atoms with Gasteiger partial charge in [-0.1, -0.05) is 0 Å². The summed E-state index contributed by atoms with van der Waals surface area (Å²) in [6.07, 6.45) is 4.24. The Balaban J connectivity index is 1.48. The number of carbonyl (C=O) groups is 1. The second kappa shape index (κ2) is 6.73. The molecular weight excluding hydrogens is 294 g/mol. The summed E-state index contributed by atoms with van der Waals surface area (Å²) in [7, 11) is 0. The van der Waals surface area contributed by atoms with E-state index >= 15 is 0 Å². The highest BCUT2D eigenvalue weighted by Gasteiger charge is 2.27. The number of hydrogen-bond acceptors (Lipinski definition) is 4. The van der Waals surface area contributed by atoms with Crippen molar-refractivity contribution in [1.29, 1.82) is 0 Å². The molecule has 23 heavy (non-hydrogen) atoms. The van der Waals surface area contributed by atoms with Crippen molar-refractivity contribution >= 4 is 6.03 Å². The Kier molecular flexibility index (Phi) is 4.50. The Morgan fingerprint density at radius 3 is 3.09 bits per heavy atom. The molecule has 0 spiro atoms. The number of urea groups is 1. The lowest BCUT2D eigenvalue weighted by Crippen LogP contribution is -2.39. The SMILES string of the molecule is Cc1cc(CNC(=O)N2CC[C@H](Oc3cccnc3)C2)c(C)o1. The Morgan fingerprint density at radius 2 is 2.39 bits per heavy atom. The number of likely N-dealkylation sites (tertiary alicyclic amines) is 1. The van der Waals surface area contributed by atoms with Gasteiger partial charge in [0.05, 0.1) is 12.7 Å². The molecule has 0 aliphatic carbocycles. The van der Waals surface area contributed by atoms with Crippen LogP contribution in [-0.4, -0.2) is 35.1 Å². The summed E-state index contributed by atoms with van der Waals surface area (Å²) < 4.78 is 11.3. The van der Waals surface area contributed by atoms with Gasteiger partial charge in [0, 0.05) is 31.3 Å². The third-order valence-corrected chi connectivity index (χ3v) is 3.94. The summed E-state index contributed by atoms with van der Waals surface area (Å²) >= 11 is 0. The van der Waals surface area contributed by atoms with Gasteiger partial charge >= 0.3 is 6.03 Å². The van der Waals surface area contributed by atoms with Crippen LogP contribution in [0.3, 0.4) is 0 Å². The zero-order valence-electron chi connectivity index (χ0n) is 13.4. The minimum absolute atomic E-state index is 0.0165. The summed E-state index contributed by atoms with van der Waals surface area (Å²) in [5, 5.41) is 2.94. The van der Waals surface area contributed by atoms with Gasteiger partial charge in [-0.25, -0.2) is 4.79 Å². The topological polar surface area (TPSA) is 67.6 Å². The van der Waals surface area contributed by atoms with Crippen LogP contribution >= 0.6 is 0 Å². The van der Waals surface area contributed by atoms with Crippen molar-refractivity contribution in [2.24, 2.45) is 0 Å². The highest BCUT2D eigenvalue weighted by molar-refractivity contribution is 5.74. The maximum absolute atomic E-state index is 12.3. The lowest BCUT2D eigenvalue weighted by Gasteiger charge is -2.17. The van der Waals surface area contributed by atoms with Crippen molar-refractivity contribution < 1.29 is 13.9 Å². The van der Waals surface area contributed by atoms with Crippen molar-refractivity contribution in [3.63, 3.8) is 0 Å². The number of ether oxygens (including phenoxy) is 1. The molecule has 0 aromatic carbocycles. The van der Waals surface area contributed by atoms with Gasteiger partial charge in [0.15, 0.2) is 0 Å². The molecule has 122 valence electrons. The van der Waals surface area contributed by atoms with Gasteiger partial charge in [0.25, 0.3) is 0 Å².